The summed E-state index contributed by atoms with van der Waals surface area (Å²) in [5.41, 5.74) is 3.37. The molecule has 0 saturated carbocycles. The summed E-state index contributed by atoms with van der Waals surface area (Å²) < 4.78 is 5.03. The van der Waals surface area contributed by atoms with Crippen LogP contribution in [0.5, 0.6) is 0 Å². The Labute approximate surface area is 118 Å². The summed E-state index contributed by atoms with van der Waals surface area (Å²) in [6, 6.07) is 7.87. The fourth-order valence-corrected chi connectivity index (χ4v) is 2.03. The van der Waals surface area contributed by atoms with E-state index in [-0.39, 0.29) is 0 Å². The first-order valence-electron chi connectivity index (χ1n) is 6.81. The molecule has 4 N–H and O–H groups in total. The molecular formula is C14H21N5O. The van der Waals surface area contributed by atoms with Crippen LogP contribution in [0.15, 0.2) is 24.3 Å². The molecule has 0 amide bonds. The SMILES string of the molecule is COCCCCCNc1nc(NN)nc2ccccc12. The van der Waals surface area contributed by atoms with Gasteiger partial charge in [0.2, 0.25) is 5.95 Å². The van der Waals surface area contributed by atoms with Crippen molar-refractivity contribution in [2.45, 2.75) is 19.3 Å². The molecule has 0 bridgehead atoms. The van der Waals surface area contributed by atoms with E-state index < -0.39 is 0 Å². The first kappa shape index (κ1) is 14.5. The van der Waals surface area contributed by atoms with Gasteiger partial charge in [-0.2, -0.15) is 4.98 Å². The van der Waals surface area contributed by atoms with Crippen LogP contribution in [0.1, 0.15) is 19.3 Å². The van der Waals surface area contributed by atoms with E-state index in [0.717, 1.165) is 49.1 Å². The van der Waals surface area contributed by atoms with Gasteiger partial charge in [-0.3, -0.25) is 5.43 Å². The van der Waals surface area contributed by atoms with Gasteiger partial charge in [-0.1, -0.05) is 12.1 Å². The number of rotatable bonds is 8. The highest BCUT2D eigenvalue weighted by molar-refractivity contribution is 5.89. The molecule has 0 radical (unpaired) electrons. The number of hydrogen-bond acceptors (Lipinski definition) is 6. The van der Waals surface area contributed by atoms with Crippen LogP contribution in [0.2, 0.25) is 0 Å². The maximum atomic E-state index is 5.40. The number of methoxy groups -OCH3 is 1. The maximum absolute atomic E-state index is 5.40. The van der Waals surface area contributed by atoms with E-state index in [1.807, 2.05) is 24.3 Å². The Balaban J connectivity index is 2.01. The number of benzene rings is 1. The molecule has 0 atom stereocenters. The van der Waals surface area contributed by atoms with E-state index in [1.165, 1.54) is 0 Å². The number of nitrogens with zero attached hydrogens (tertiary/aromatic N) is 2. The van der Waals surface area contributed by atoms with Crippen molar-refractivity contribution in [2.24, 2.45) is 5.84 Å². The average Bonchev–Trinajstić information content (AvgIpc) is 2.50. The normalized spacial score (nSPS) is 10.7. The van der Waals surface area contributed by atoms with Gasteiger partial charge in [0.05, 0.1) is 5.52 Å². The van der Waals surface area contributed by atoms with Crippen molar-refractivity contribution >= 4 is 22.7 Å². The molecule has 1 aromatic heterocycles. The Morgan fingerprint density at radius 3 is 2.80 bits per heavy atom. The van der Waals surface area contributed by atoms with Gasteiger partial charge in [0.25, 0.3) is 0 Å². The number of nitrogens with two attached hydrogens (primary N) is 1. The molecule has 1 aromatic carbocycles. The molecule has 108 valence electrons. The van der Waals surface area contributed by atoms with Gasteiger partial charge >= 0.3 is 0 Å². The van der Waals surface area contributed by atoms with Crippen molar-refractivity contribution < 1.29 is 4.74 Å². The number of hydrogen-bond donors (Lipinski definition) is 3. The summed E-state index contributed by atoms with van der Waals surface area (Å²) in [7, 11) is 1.73. The zero-order valence-electron chi connectivity index (χ0n) is 11.7. The molecule has 2 aromatic rings. The molecule has 1 heterocycles. The van der Waals surface area contributed by atoms with E-state index in [9.17, 15) is 0 Å². The summed E-state index contributed by atoms with van der Waals surface area (Å²) in [5, 5.41) is 4.35. The van der Waals surface area contributed by atoms with Crippen LogP contribution in [-0.2, 0) is 4.74 Å². The third-order valence-electron chi connectivity index (χ3n) is 3.05. The van der Waals surface area contributed by atoms with Crippen LogP contribution in [0.4, 0.5) is 11.8 Å². The van der Waals surface area contributed by atoms with Crippen LogP contribution < -0.4 is 16.6 Å². The number of nitrogen functional groups attached to an aromatic ring is 1. The highest BCUT2D eigenvalue weighted by Crippen LogP contribution is 2.21. The number of para-hydroxylation sites is 1. The van der Waals surface area contributed by atoms with Gasteiger partial charge in [-0.25, -0.2) is 10.8 Å². The largest absolute Gasteiger partial charge is 0.385 e. The van der Waals surface area contributed by atoms with E-state index in [1.54, 1.807) is 7.11 Å². The van der Waals surface area contributed by atoms with Gasteiger partial charge in [0.15, 0.2) is 0 Å². The summed E-state index contributed by atoms with van der Waals surface area (Å²) in [6.45, 7) is 1.69. The highest BCUT2D eigenvalue weighted by Gasteiger charge is 2.05. The lowest BCUT2D eigenvalue weighted by Crippen LogP contribution is -2.13. The third-order valence-corrected chi connectivity index (χ3v) is 3.05. The number of hydrazine groups is 1. The Kier molecular flexibility index (Phi) is 5.52. The number of nitrogens with one attached hydrogen (secondary N) is 2. The molecule has 0 fully saturated rings. The quantitative estimate of drug-likeness (QED) is 0.389. The summed E-state index contributed by atoms with van der Waals surface area (Å²) in [4.78, 5) is 8.69. The van der Waals surface area contributed by atoms with Gasteiger partial charge in [0, 0.05) is 25.6 Å². The Bertz CT molecular complexity index is 546. The molecule has 6 heteroatoms. The number of unbranched alkanes of at least 4 members (excludes halogenated alkanes) is 2. The molecule has 0 saturated heterocycles. The fourth-order valence-electron chi connectivity index (χ4n) is 2.03. The van der Waals surface area contributed by atoms with Gasteiger partial charge in [-0.15, -0.1) is 0 Å². The van der Waals surface area contributed by atoms with E-state index in [2.05, 4.69) is 20.7 Å². The number of ether oxygens (including phenoxy) is 1. The Morgan fingerprint density at radius 1 is 1.15 bits per heavy atom. The Morgan fingerprint density at radius 2 is 2.00 bits per heavy atom. The molecular weight excluding hydrogens is 254 g/mol. The van der Waals surface area contributed by atoms with E-state index >= 15 is 0 Å². The molecule has 0 unspecified atom stereocenters. The first-order valence-corrected chi connectivity index (χ1v) is 6.81. The third kappa shape index (κ3) is 3.79. The minimum absolute atomic E-state index is 0.422. The Hall–Kier alpha value is -1.92. The zero-order chi connectivity index (χ0) is 14.2. The van der Waals surface area contributed by atoms with Crippen molar-refractivity contribution in [2.75, 3.05) is 31.0 Å². The minimum Gasteiger partial charge on any atom is -0.385 e. The fraction of sp³-hybridized carbons (Fsp3) is 0.429. The van der Waals surface area contributed by atoms with Crippen LogP contribution in [0.3, 0.4) is 0 Å². The maximum Gasteiger partial charge on any atom is 0.239 e. The molecule has 2 rings (SSSR count). The van der Waals surface area contributed by atoms with Crippen molar-refractivity contribution in [3.63, 3.8) is 0 Å². The summed E-state index contributed by atoms with van der Waals surface area (Å²) in [6.07, 6.45) is 3.29. The van der Waals surface area contributed by atoms with Crippen molar-refractivity contribution in [3.05, 3.63) is 24.3 Å². The molecule has 0 aliphatic rings. The van der Waals surface area contributed by atoms with Crippen LogP contribution in [-0.4, -0.2) is 30.2 Å². The van der Waals surface area contributed by atoms with Gasteiger partial charge in [0.1, 0.15) is 5.82 Å². The summed E-state index contributed by atoms with van der Waals surface area (Å²) >= 11 is 0. The van der Waals surface area contributed by atoms with Gasteiger partial charge < -0.3 is 10.1 Å². The monoisotopic (exact) mass is 275 g/mol. The van der Waals surface area contributed by atoms with Gasteiger partial charge in [-0.05, 0) is 31.4 Å². The number of aromatic nitrogens is 2. The molecule has 0 spiro atoms. The molecule has 6 nitrogen and oxygen atoms in total. The van der Waals surface area contributed by atoms with Crippen molar-refractivity contribution in [1.82, 2.24) is 9.97 Å². The standard InChI is InChI=1S/C14H21N5O/c1-20-10-6-2-5-9-16-13-11-7-3-4-8-12(11)17-14(18-13)19-15/h3-4,7-8H,2,5-6,9-10,15H2,1H3,(H2,16,17,18,19). The average molecular weight is 275 g/mol. The second-order valence-corrected chi connectivity index (χ2v) is 4.54. The summed E-state index contributed by atoms with van der Waals surface area (Å²) in [5.74, 6) is 6.64. The predicted molar refractivity (Wildman–Crippen MR) is 81.6 cm³/mol. The molecule has 20 heavy (non-hydrogen) atoms. The second kappa shape index (κ2) is 7.62. The van der Waals surface area contributed by atoms with Crippen molar-refractivity contribution in [3.8, 4) is 0 Å². The molecule has 0 aliphatic heterocycles. The highest BCUT2D eigenvalue weighted by atomic mass is 16.5. The first-order chi connectivity index (χ1) is 9.85. The van der Waals surface area contributed by atoms with E-state index in [0.29, 0.717) is 5.95 Å². The van der Waals surface area contributed by atoms with E-state index in [4.69, 9.17) is 10.6 Å². The number of fused-ring (bicyclic) bond motifs is 1. The lowest BCUT2D eigenvalue weighted by Gasteiger charge is -2.10. The van der Waals surface area contributed by atoms with Crippen LogP contribution in [0, 0.1) is 0 Å². The van der Waals surface area contributed by atoms with Crippen LogP contribution in [0.25, 0.3) is 10.9 Å². The smallest absolute Gasteiger partial charge is 0.239 e. The number of anilines is 2. The molecule has 0 aliphatic carbocycles. The predicted octanol–water partition coefficient (Wildman–Crippen LogP) is 2.14. The topological polar surface area (TPSA) is 85.1 Å². The van der Waals surface area contributed by atoms with Crippen LogP contribution >= 0.6 is 0 Å². The minimum atomic E-state index is 0.422. The van der Waals surface area contributed by atoms with Crippen molar-refractivity contribution in [1.29, 1.82) is 0 Å². The zero-order valence-corrected chi connectivity index (χ0v) is 11.7. The lowest BCUT2D eigenvalue weighted by atomic mass is 10.2. The second-order valence-electron chi connectivity index (χ2n) is 4.54. The lowest BCUT2D eigenvalue weighted by molar-refractivity contribution is 0.192.